The lowest BCUT2D eigenvalue weighted by Gasteiger charge is -2.16. The third kappa shape index (κ3) is 2.77. The molecule has 0 spiro atoms. The Labute approximate surface area is 118 Å². The number of carbonyl (C=O) groups is 1. The van der Waals surface area contributed by atoms with Crippen molar-refractivity contribution >= 4 is 5.91 Å². The van der Waals surface area contributed by atoms with Crippen molar-refractivity contribution in [1.82, 2.24) is 10.3 Å². The van der Waals surface area contributed by atoms with Gasteiger partial charge in [-0.2, -0.15) is 0 Å². The van der Waals surface area contributed by atoms with Crippen LogP contribution in [0.4, 0.5) is 0 Å². The second-order valence-corrected chi connectivity index (χ2v) is 5.93. The van der Waals surface area contributed by atoms with E-state index >= 15 is 0 Å². The van der Waals surface area contributed by atoms with Gasteiger partial charge in [0.1, 0.15) is 5.56 Å². The van der Waals surface area contributed by atoms with Crippen LogP contribution in [-0.4, -0.2) is 23.5 Å². The van der Waals surface area contributed by atoms with Crippen molar-refractivity contribution in [2.24, 2.45) is 11.7 Å². The molecule has 0 aromatic carbocycles. The maximum absolute atomic E-state index is 12.1. The van der Waals surface area contributed by atoms with Crippen LogP contribution < -0.4 is 16.6 Å². The smallest absolute Gasteiger partial charge is 0.261 e. The van der Waals surface area contributed by atoms with Gasteiger partial charge in [0.05, 0.1) is 0 Å². The van der Waals surface area contributed by atoms with Crippen LogP contribution in [0, 0.1) is 5.92 Å². The first-order valence-corrected chi connectivity index (χ1v) is 7.44. The summed E-state index contributed by atoms with van der Waals surface area (Å²) in [6, 6.07) is 1.77. The summed E-state index contributed by atoms with van der Waals surface area (Å²) in [5, 5.41) is 2.78. The zero-order valence-electron chi connectivity index (χ0n) is 11.6. The Morgan fingerprint density at radius 3 is 2.90 bits per heavy atom. The van der Waals surface area contributed by atoms with Gasteiger partial charge < -0.3 is 16.0 Å². The highest BCUT2D eigenvalue weighted by atomic mass is 16.2. The number of rotatable bonds is 4. The van der Waals surface area contributed by atoms with Crippen LogP contribution >= 0.6 is 0 Å². The molecular weight excluding hydrogens is 254 g/mol. The molecule has 3 rings (SSSR count). The van der Waals surface area contributed by atoms with Crippen molar-refractivity contribution in [3.05, 3.63) is 33.2 Å². The summed E-state index contributed by atoms with van der Waals surface area (Å²) in [6.45, 7) is 0.444. The zero-order chi connectivity index (χ0) is 14.1. The minimum atomic E-state index is -0.310. The van der Waals surface area contributed by atoms with Crippen LogP contribution in [0.5, 0.6) is 0 Å². The van der Waals surface area contributed by atoms with Crippen LogP contribution in [-0.2, 0) is 12.8 Å². The van der Waals surface area contributed by atoms with Crippen molar-refractivity contribution < 1.29 is 4.79 Å². The molecule has 1 amide bonds. The Morgan fingerprint density at radius 1 is 1.40 bits per heavy atom. The van der Waals surface area contributed by atoms with Crippen LogP contribution in [0.15, 0.2) is 10.9 Å². The fourth-order valence-corrected chi connectivity index (χ4v) is 2.84. The number of amides is 1. The van der Waals surface area contributed by atoms with E-state index in [9.17, 15) is 9.59 Å². The molecule has 20 heavy (non-hydrogen) atoms. The predicted octanol–water partition coefficient (Wildman–Crippen LogP) is 0.721. The summed E-state index contributed by atoms with van der Waals surface area (Å²) in [4.78, 5) is 26.9. The average Bonchev–Trinajstić information content (AvgIpc) is 3.28. The van der Waals surface area contributed by atoms with Crippen molar-refractivity contribution in [3.63, 3.8) is 0 Å². The Morgan fingerprint density at radius 2 is 2.15 bits per heavy atom. The van der Waals surface area contributed by atoms with Crippen molar-refractivity contribution in [1.29, 1.82) is 0 Å². The van der Waals surface area contributed by atoms with Gasteiger partial charge in [-0.1, -0.05) is 0 Å². The molecule has 108 valence electrons. The van der Waals surface area contributed by atoms with Crippen LogP contribution in [0.3, 0.4) is 0 Å². The molecule has 0 aliphatic heterocycles. The van der Waals surface area contributed by atoms with E-state index in [4.69, 9.17) is 5.73 Å². The van der Waals surface area contributed by atoms with E-state index in [0.29, 0.717) is 12.5 Å². The van der Waals surface area contributed by atoms with Crippen LogP contribution in [0.25, 0.3) is 0 Å². The highest BCUT2D eigenvalue weighted by Crippen LogP contribution is 2.31. The highest BCUT2D eigenvalue weighted by Gasteiger charge is 2.28. The first-order valence-electron chi connectivity index (χ1n) is 7.44. The van der Waals surface area contributed by atoms with Crippen molar-refractivity contribution in [2.75, 3.05) is 6.54 Å². The molecular formula is C15H21N3O2. The molecule has 1 aromatic rings. The van der Waals surface area contributed by atoms with Crippen LogP contribution in [0.1, 0.15) is 47.3 Å². The fourth-order valence-electron chi connectivity index (χ4n) is 2.84. The number of hydrogen-bond donors (Lipinski definition) is 3. The monoisotopic (exact) mass is 275 g/mol. The largest absolute Gasteiger partial charge is 0.350 e. The molecule has 1 fully saturated rings. The van der Waals surface area contributed by atoms with Gasteiger partial charge in [0, 0.05) is 18.3 Å². The van der Waals surface area contributed by atoms with E-state index in [1.165, 1.54) is 0 Å². The van der Waals surface area contributed by atoms with E-state index < -0.39 is 0 Å². The summed E-state index contributed by atoms with van der Waals surface area (Å²) in [5.74, 6) is 0.229. The normalized spacial score (nSPS) is 19.2. The SMILES string of the molecule is NC(CNC(=O)c1cc2c([nH]c1=O)CCCC2)C1CC1. The molecule has 1 heterocycles. The zero-order valence-corrected chi connectivity index (χ0v) is 11.6. The van der Waals surface area contributed by atoms with Gasteiger partial charge in [-0.15, -0.1) is 0 Å². The maximum Gasteiger partial charge on any atom is 0.261 e. The van der Waals surface area contributed by atoms with Crippen molar-refractivity contribution in [2.45, 2.75) is 44.6 Å². The fraction of sp³-hybridized carbons (Fsp3) is 0.600. The van der Waals surface area contributed by atoms with Gasteiger partial charge in [0.2, 0.25) is 0 Å². The molecule has 2 aliphatic rings. The van der Waals surface area contributed by atoms with Gasteiger partial charge in [-0.3, -0.25) is 9.59 Å². The minimum absolute atomic E-state index is 0.00987. The van der Waals surface area contributed by atoms with Crippen LogP contribution in [0.2, 0.25) is 0 Å². The third-order valence-electron chi connectivity index (χ3n) is 4.31. The number of fused-ring (bicyclic) bond motifs is 1. The summed E-state index contributed by atoms with van der Waals surface area (Å²) in [6.07, 6.45) is 6.36. The Hall–Kier alpha value is -1.62. The molecule has 1 saturated carbocycles. The molecule has 4 N–H and O–H groups in total. The Bertz CT molecular complexity index is 575. The standard InChI is InChI=1S/C15H21N3O2/c16-12(9-5-6-9)8-17-14(19)11-7-10-3-1-2-4-13(10)18-15(11)20/h7,9,12H,1-6,8,16H2,(H,17,19)(H,18,20). The first kappa shape index (κ1) is 13.4. The first-order chi connectivity index (χ1) is 9.65. The van der Waals surface area contributed by atoms with E-state index in [1.807, 2.05) is 0 Å². The van der Waals surface area contributed by atoms with Gasteiger partial charge >= 0.3 is 0 Å². The number of aromatic nitrogens is 1. The predicted molar refractivity (Wildman–Crippen MR) is 76.7 cm³/mol. The molecule has 0 bridgehead atoms. The summed E-state index contributed by atoms with van der Waals surface area (Å²) >= 11 is 0. The lowest BCUT2D eigenvalue weighted by atomic mass is 9.95. The lowest BCUT2D eigenvalue weighted by molar-refractivity contribution is 0.0948. The summed E-state index contributed by atoms with van der Waals surface area (Å²) in [5.41, 5.74) is 7.98. The minimum Gasteiger partial charge on any atom is -0.350 e. The van der Waals surface area contributed by atoms with E-state index in [2.05, 4.69) is 10.3 Å². The third-order valence-corrected chi connectivity index (χ3v) is 4.31. The molecule has 5 nitrogen and oxygen atoms in total. The molecule has 1 aromatic heterocycles. The van der Waals surface area contributed by atoms with Gasteiger partial charge in [-0.25, -0.2) is 0 Å². The maximum atomic E-state index is 12.1. The van der Waals surface area contributed by atoms with Crippen molar-refractivity contribution in [3.8, 4) is 0 Å². The number of carbonyl (C=O) groups excluding carboxylic acids is 1. The summed E-state index contributed by atoms with van der Waals surface area (Å²) < 4.78 is 0. The molecule has 1 unspecified atom stereocenters. The van der Waals surface area contributed by atoms with E-state index in [1.54, 1.807) is 6.07 Å². The second-order valence-electron chi connectivity index (χ2n) is 5.93. The second kappa shape index (κ2) is 5.40. The van der Waals surface area contributed by atoms with Gasteiger partial charge in [-0.05, 0) is 56.1 Å². The van der Waals surface area contributed by atoms with Gasteiger partial charge in [0.25, 0.3) is 11.5 Å². The molecule has 5 heteroatoms. The number of nitrogens with two attached hydrogens (primary N) is 1. The summed E-state index contributed by atoms with van der Waals surface area (Å²) in [7, 11) is 0. The molecule has 1 atom stereocenters. The molecule has 0 saturated heterocycles. The number of pyridine rings is 1. The Balaban J connectivity index is 1.71. The lowest BCUT2D eigenvalue weighted by Crippen LogP contribution is -2.40. The van der Waals surface area contributed by atoms with Gasteiger partial charge in [0.15, 0.2) is 0 Å². The number of H-pyrrole nitrogens is 1. The number of aromatic amines is 1. The number of nitrogens with one attached hydrogen (secondary N) is 2. The highest BCUT2D eigenvalue weighted by molar-refractivity contribution is 5.94. The van der Waals surface area contributed by atoms with E-state index in [-0.39, 0.29) is 23.1 Å². The molecule has 2 aliphatic carbocycles. The number of aryl methyl sites for hydroxylation is 2. The Kier molecular flexibility index (Phi) is 3.61. The quantitative estimate of drug-likeness (QED) is 0.756. The van der Waals surface area contributed by atoms with E-state index in [0.717, 1.165) is 49.8 Å². The molecule has 0 radical (unpaired) electrons. The topological polar surface area (TPSA) is 88.0 Å². The average molecular weight is 275 g/mol. The number of hydrogen-bond acceptors (Lipinski definition) is 3.